The van der Waals surface area contributed by atoms with Gasteiger partial charge in [0.1, 0.15) is 30.7 Å². The zero-order valence-electron chi connectivity index (χ0n) is 20.4. The number of carbonyl (C=O) groups excluding carboxylic acids is 1. The van der Waals surface area contributed by atoms with Crippen LogP contribution in [0.5, 0.6) is 5.75 Å². The molecule has 4 aromatic rings. The third kappa shape index (κ3) is 6.11. The van der Waals surface area contributed by atoms with E-state index in [-0.39, 0.29) is 25.1 Å². The molecule has 0 saturated heterocycles. The maximum absolute atomic E-state index is 13.1. The first kappa shape index (κ1) is 25.4. The Labute approximate surface area is 209 Å². The highest BCUT2D eigenvalue weighted by Gasteiger charge is 2.15. The molecule has 0 saturated carbocycles. The van der Waals surface area contributed by atoms with E-state index < -0.39 is 12.7 Å². The van der Waals surface area contributed by atoms with E-state index in [1.54, 1.807) is 20.3 Å². The molecule has 4 rings (SSSR count). The molecule has 0 bridgehead atoms. The van der Waals surface area contributed by atoms with Crippen molar-refractivity contribution in [1.82, 2.24) is 0 Å². The number of hydrogen-bond donors (Lipinski definition) is 1. The zero-order valence-corrected chi connectivity index (χ0v) is 20.4. The summed E-state index contributed by atoms with van der Waals surface area (Å²) in [6, 6.07) is 20.1. The molecular weight excluding hydrogens is 461 g/mol. The summed E-state index contributed by atoms with van der Waals surface area (Å²) < 4.78 is 35.5. The molecule has 36 heavy (non-hydrogen) atoms. The number of ether oxygens (including phenoxy) is 3. The number of furan rings is 1. The number of benzene rings is 3. The molecule has 0 aliphatic rings. The van der Waals surface area contributed by atoms with Crippen molar-refractivity contribution in [2.24, 2.45) is 5.73 Å². The summed E-state index contributed by atoms with van der Waals surface area (Å²) in [4.78, 5) is 12.4. The van der Waals surface area contributed by atoms with Crippen LogP contribution in [0.4, 0.5) is 4.39 Å². The normalized spacial score (nSPS) is 12.9. The number of halogens is 1. The number of hydrogen-bond acceptors (Lipinski definition) is 6. The van der Waals surface area contributed by atoms with Crippen molar-refractivity contribution in [3.05, 3.63) is 89.7 Å². The van der Waals surface area contributed by atoms with E-state index in [1.807, 2.05) is 66.7 Å². The number of esters is 1. The Bertz CT molecular complexity index is 1320. The summed E-state index contributed by atoms with van der Waals surface area (Å²) in [5, 5.41) is 0.926. The summed E-state index contributed by atoms with van der Waals surface area (Å²) >= 11 is 0. The molecule has 1 heterocycles. The highest BCUT2D eigenvalue weighted by molar-refractivity contribution is 5.93. The second-order valence-corrected chi connectivity index (χ2v) is 8.70. The van der Waals surface area contributed by atoms with Crippen LogP contribution in [0.15, 0.2) is 77.4 Å². The molecule has 7 heteroatoms. The molecule has 6 nitrogen and oxygen atoms in total. The van der Waals surface area contributed by atoms with Crippen LogP contribution in [0, 0.1) is 0 Å². The van der Waals surface area contributed by atoms with E-state index in [9.17, 15) is 9.18 Å². The van der Waals surface area contributed by atoms with Crippen LogP contribution in [-0.2, 0) is 27.3 Å². The van der Waals surface area contributed by atoms with Gasteiger partial charge < -0.3 is 24.4 Å². The molecule has 188 valence electrons. The van der Waals surface area contributed by atoms with E-state index in [0.29, 0.717) is 12.4 Å². The van der Waals surface area contributed by atoms with Crippen molar-refractivity contribution >= 4 is 16.9 Å². The van der Waals surface area contributed by atoms with Crippen LogP contribution in [0.25, 0.3) is 22.1 Å². The van der Waals surface area contributed by atoms with Gasteiger partial charge in [-0.15, -0.1) is 0 Å². The van der Waals surface area contributed by atoms with E-state index in [4.69, 9.17) is 24.4 Å². The third-order valence-electron chi connectivity index (χ3n) is 5.84. The number of para-hydroxylation sites is 1. The van der Waals surface area contributed by atoms with E-state index in [0.717, 1.165) is 38.8 Å². The van der Waals surface area contributed by atoms with E-state index in [1.165, 1.54) is 0 Å². The fourth-order valence-corrected chi connectivity index (χ4v) is 4.11. The van der Waals surface area contributed by atoms with Gasteiger partial charge in [0.15, 0.2) is 0 Å². The van der Waals surface area contributed by atoms with Crippen LogP contribution >= 0.6 is 0 Å². The standard InChI is InChI=1S/C29H30FNO5/c1-19(17-33-2)36-28(32)15-23-6-3-4-9-27(23)35-18-20-12-24-10-11-34-29(24)25(13-20)21-7-5-8-22(14-21)26(31)16-30/h3-14,19,26H,15-18,31H2,1-2H3. The topological polar surface area (TPSA) is 83.9 Å². The molecule has 0 amide bonds. The lowest BCUT2D eigenvalue weighted by Gasteiger charge is -2.15. The van der Waals surface area contributed by atoms with Crippen LogP contribution in [0.1, 0.15) is 29.7 Å². The van der Waals surface area contributed by atoms with E-state index >= 15 is 0 Å². The molecule has 0 radical (unpaired) electrons. The molecule has 1 aromatic heterocycles. The van der Waals surface area contributed by atoms with Gasteiger partial charge >= 0.3 is 5.97 Å². The second kappa shape index (κ2) is 11.8. The minimum atomic E-state index is -0.677. The number of alkyl halides is 1. The zero-order chi connectivity index (χ0) is 25.5. The molecule has 0 aliphatic carbocycles. The predicted molar refractivity (Wildman–Crippen MR) is 136 cm³/mol. The fraction of sp³-hybridized carbons (Fsp3) is 0.276. The van der Waals surface area contributed by atoms with Gasteiger partial charge in [-0.05, 0) is 53.9 Å². The lowest BCUT2D eigenvalue weighted by Crippen LogP contribution is -2.21. The number of rotatable bonds is 11. The van der Waals surface area contributed by atoms with Gasteiger partial charge in [-0.25, -0.2) is 4.39 Å². The first-order valence-electron chi connectivity index (χ1n) is 11.8. The largest absolute Gasteiger partial charge is 0.489 e. The molecule has 0 aliphatic heterocycles. The van der Waals surface area contributed by atoms with Crippen molar-refractivity contribution in [1.29, 1.82) is 0 Å². The Morgan fingerprint density at radius 3 is 2.72 bits per heavy atom. The lowest BCUT2D eigenvalue weighted by atomic mass is 9.97. The van der Waals surface area contributed by atoms with Crippen molar-refractivity contribution in [3.8, 4) is 16.9 Å². The summed E-state index contributed by atoms with van der Waals surface area (Å²) in [6.07, 6.45) is 1.41. The SMILES string of the molecule is COCC(C)OC(=O)Cc1ccccc1OCc1cc(-c2cccc(C(N)CF)c2)c2occc2c1. The minimum Gasteiger partial charge on any atom is -0.489 e. The lowest BCUT2D eigenvalue weighted by molar-refractivity contribution is -0.149. The number of methoxy groups -OCH3 is 1. The monoisotopic (exact) mass is 491 g/mol. The second-order valence-electron chi connectivity index (χ2n) is 8.70. The number of nitrogens with two attached hydrogens (primary N) is 1. The smallest absolute Gasteiger partial charge is 0.310 e. The summed E-state index contributed by atoms with van der Waals surface area (Å²) in [7, 11) is 1.56. The Balaban J connectivity index is 1.55. The fourth-order valence-electron chi connectivity index (χ4n) is 4.11. The molecule has 2 unspecified atom stereocenters. The van der Waals surface area contributed by atoms with E-state index in [2.05, 4.69) is 0 Å². The summed E-state index contributed by atoms with van der Waals surface area (Å²) in [5.74, 6) is 0.266. The summed E-state index contributed by atoms with van der Waals surface area (Å²) in [5.41, 5.74) is 10.8. The van der Waals surface area contributed by atoms with Crippen molar-refractivity contribution < 1.29 is 27.8 Å². The minimum absolute atomic E-state index is 0.0951. The molecule has 2 atom stereocenters. The van der Waals surface area contributed by atoms with Crippen molar-refractivity contribution in [3.63, 3.8) is 0 Å². The average Bonchev–Trinajstić information content (AvgIpc) is 3.36. The van der Waals surface area contributed by atoms with Gasteiger partial charge in [-0.2, -0.15) is 0 Å². The van der Waals surface area contributed by atoms with Crippen LogP contribution < -0.4 is 10.5 Å². The molecular formula is C29H30FNO5. The van der Waals surface area contributed by atoms with Gasteiger partial charge in [0.25, 0.3) is 0 Å². The van der Waals surface area contributed by atoms with Crippen LogP contribution in [0.3, 0.4) is 0 Å². The van der Waals surface area contributed by atoms with Crippen molar-refractivity contribution in [2.45, 2.75) is 32.1 Å². The highest BCUT2D eigenvalue weighted by Crippen LogP contribution is 2.33. The van der Waals surface area contributed by atoms with Gasteiger partial charge in [0.05, 0.1) is 25.3 Å². The van der Waals surface area contributed by atoms with Crippen LogP contribution in [0.2, 0.25) is 0 Å². The van der Waals surface area contributed by atoms with Gasteiger partial charge in [-0.3, -0.25) is 4.79 Å². The van der Waals surface area contributed by atoms with Gasteiger partial charge in [0.2, 0.25) is 0 Å². The quantitative estimate of drug-likeness (QED) is 0.268. The average molecular weight is 492 g/mol. The molecule has 0 fully saturated rings. The maximum Gasteiger partial charge on any atom is 0.310 e. The first-order chi connectivity index (χ1) is 17.5. The van der Waals surface area contributed by atoms with Crippen molar-refractivity contribution in [2.75, 3.05) is 20.4 Å². The third-order valence-corrected chi connectivity index (χ3v) is 5.84. The van der Waals surface area contributed by atoms with Gasteiger partial charge in [0, 0.05) is 23.6 Å². The summed E-state index contributed by atoms with van der Waals surface area (Å²) in [6.45, 7) is 1.77. The van der Waals surface area contributed by atoms with Gasteiger partial charge in [-0.1, -0.05) is 36.4 Å². The Kier molecular flexibility index (Phi) is 8.36. The molecule has 2 N–H and O–H groups in total. The first-order valence-corrected chi connectivity index (χ1v) is 11.8. The number of carbonyl (C=O) groups is 1. The Morgan fingerprint density at radius 1 is 1.08 bits per heavy atom. The van der Waals surface area contributed by atoms with Crippen LogP contribution in [-0.4, -0.2) is 32.5 Å². The molecule has 0 spiro atoms. The maximum atomic E-state index is 13.1. The number of fused-ring (bicyclic) bond motifs is 1. The predicted octanol–water partition coefficient (Wildman–Crippen LogP) is 5.77. The molecule has 3 aromatic carbocycles. The highest BCUT2D eigenvalue weighted by atomic mass is 19.1. The Morgan fingerprint density at radius 2 is 1.92 bits per heavy atom. The Hall–Kier alpha value is -3.68.